The van der Waals surface area contributed by atoms with Crippen LogP contribution in [0.5, 0.6) is 11.5 Å². The fourth-order valence-electron chi connectivity index (χ4n) is 2.93. The average Bonchev–Trinajstić information content (AvgIpc) is 2.77. The monoisotopic (exact) mass is 417 g/mol. The smallest absolute Gasteiger partial charge is 0.311 e. The van der Waals surface area contributed by atoms with Crippen molar-refractivity contribution in [2.45, 2.75) is 12.8 Å². The Bertz CT molecular complexity index is 1100. The Kier molecular flexibility index (Phi) is 7.26. The molecule has 0 heterocycles. The molecule has 5 heteroatoms. The molecule has 0 saturated carbocycles. The first-order valence-corrected chi connectivity index (χ1v) is 9.77. The number of nitriles is 1. The molecule has 30 heavy (non-hydrogen) atoms. The van der Waals surface area contributed by atoms with Gasteiger partial charge in [-0.3, -0.25) is 4.79 Å². The minimum absolute atomic E-state index is 0.266. The number of ether oxygens (including phenoxy) is 2. The van der Waals surface area contributed by atoms with Crippen LogP contribution in [-0.4, -0.2) is 13.1 Å². The van der Waals surface area contributed by atoms with Crippen LogP contribution < -0.4 is 9.47 Å². The summed E-state index contributed by atoms with van der Waals surface area (Å²) in [5, 5.41) is 10.1. The molecule has 0 atom stereocenters. The summed E-state index contributed by atoms with van der Waals surface area (Å²) in [5.74, 6) is 0.422. The Morgan fingerprint density at radius 1 is 1.03 bits per heavy atom. The van der Waals surface area contributed by atoms with E-state index in [0.29, 0.717) is 28.5 Å². The normalized spacial score (nSPS) is 10.9. The molecule has 0 amide bonds. The molecule has 0 spiro atoms. The van der Waals surface area contributed by atoms with Crippen LogP contribution in [0.15, 0.2) is 72.8 Å². The van der Waals surface area contributed by atoms with Gasteiger partial charge in [-0.15, -0.1) is 0 Å². The lowest BCUT2D eigenvalue weighted by atomic mass is 10.0. The van der Waals surface area contributed by atoms with Gasteiger partial charge in [0, 0.05) is 11.4 Å². The van der Waals surface area contributed by atoms with Crippen molar-refractivity contribution in [2.75, 3.05) is 7.11 Å². The first-order chi connectivity index (χ1) is 14.6. The van der Waals surface area contributed by atoms with Crippen molar-refractivity contribution in [3.63, 3.8) is 0 Å². The zero-order valence-electron chi connectivity index (χ0n) is 16.5. The number of carbonyl (C=O) groups is 1. The van der Waals surface area contributed by atoms with Gasteiger partial charge in [-0.05, 0) is 53.5 Å². The third-order valence-corrected chi connectivity index (χ3v) is 4.67. The summed E-state index contributed by atoms with van der Waals surface area (Å²) in [4.78, 5) is 12.2. The molecular formula is C25H20ClNO3. The second-order valence-corrected chi connectivity index (χ2v) is 6.99. The van der Waals surface area contributed by atoms with E-state index in [9.17, 15) is 10.1 Å². The maximum Gasteiger partial charge on any atom is 0.311 e. The molecule has 0 saturated heterocycles. The van der Waals surface area contributed by atoms with Gasteiger partial charge < -0.3 is 9.47 Å². The molecule has 3 aromatic carbocycles. The van der Waals surface area contributed by atoms with Crippen LogP contribution in [0.3, 0.4) is 0 Å². The Hall–Kier alpha value is -3.55. The predicted molar refractivity (Wildman–Crippen MR) is 118 cm³/mol. The van der Waals surface area contributed by atoms with Crippen LogP contribution in [0.1, 0.15) is 23.1 Å². The summed E-state index contributed by atoms with van der Waals surface area (Å²) in [5.41, 5.74) is 3.01. The fraction of sp³-hybridized carbons (Fsp3) is 0.120. The first-order valence-electron chi connectivity index (χ1n) is 9.39. The SMILES string of the molecule is COc1cc(/C=C(/C#N)c2cccc(Cl)c2)ccc1OC(=O)CCc1ccccc1. The largest absolute Gasteiger partial charge is 0.493 e. The lowest BCUT2D eigenvalue weighted by molar-refractivity contribution is -0.134. The molecule has 0 aliphatic carbocycles. The third kappa shape index (κ3) is 5.73. The van der Waals surface area contributed by atoms with Crippen molar-refractivity contribution in [1.29, 1.82) is 5.26 Å². The molecule has 0 radical (unpaired) electrons. The van der Waals surface area contributed by atoms with Gasteiger partial charge in [0.1, 0.15) is 0 Å². The maximum absolute atomic E-state index is 12.2. The first kappa shape index (κ1) is 21.2. The number of hydrogen-bond acceptors (Lipinski definition) is 4. The second-order valence-electron chi connectivity index (χ2n) is 6.55. The van der Waals surface area contributed by atoms with Gasteiger partial charge in [0.05, 0.1) is 18.8 Å². The van der Waals surface area contributed by atoms with E-state index in [1.54, 1.807) is 42.5 Å². The van der Waals surface area contributed by atoms with Crippen molar-refractivity contribution in [3.05, 3.63) is 94.5 Å². The molecule has 3 rings (SSSR count). The Morgan fingerprint density at radius 2 is 1.83 bits per heavy atom. The highest BCUT2D eigenvalue weighted by atomic mass is 35.5. The number of hydrogen-bond donors (Lipinski definition) is 0. The van der Waals surface area contributed by atoms with Crippen molar-refractivity contribution in [3.8, 4) is 17.6 Å². The van der Waals surface area contributed by atoms with Crippen LogP contribution in [0.4, 0.5) is 0 Å². The predicted octanol–water partition coefficient (Wildman–Crippen LogP) is 5.95. The molecule has 150 valence electrons. The highest BCUT2D eigenvalue weighted by molar-refractivity contribution is 6.30. The van der Waals surface area contributed by atoms with Gasteiger partial charge in [0.15, 0.2) is 11.5 Å². The molecule has 3 aromatic rings. The van der Waals surface area contributed by atoms with Gasteiger partial charge in [-0.2, -0.15) is 5.26 Å². The van der Waals surface area contributed by atoms with Gasteiger partial charge in [0.2, 0.25) is 0 Å². The molecule has 0 unspecified atom stereocenters. The molecular weight excluding hydrogens is 398 g/mol. The van der Waals surface area contributed by atoms with E-state index in [-0.39, 0.29) is 12.4 Å². The van der Waals surface area contributed by atoms with E-state index in [2.05, 4.69) is 6.07 Å². The summed E-state index contributed by atoms with van der Waals surface area (Å²) in [7, 11) is 1.51. The van der Waals surface area contributed by atoms with Crippen molar-refractivity contribution in [1.82, 2.24) is 0 Å². The van der Waals surface area contributed by atoms with E-state index in [4.69, 9.17) is 21.1 Å². The van der Waals surface area contributed by atoms with E-state index in [0.717, 1.165) is 16.7 Å². The zero-order chi connectivity index (χ0) is 21.3. The number of nitrogens with zero attached hydrogens (tertiary/aromatic N) is 1. The minimum Gasteiger partial charge on any atom is -0.493 e. The van der Waals surface area contributed by atoms with Crippen LogP contribution in [0.25, 0.3) is 11.6 Å². The topological polar surface area (TPSA) is 59.3 Å². The Morgan fingerprint density at radius 3 is 2.53 bits per heavy atom. The lowest BCUT2D eigenvalue weighted by Crippen LogP contribution is -2.09. The number of carbonyl (C=O) groups excluding carboxylic acids is 1. The lowest BCUT2D eigenvalue weighted by Gasteiger charge is -2.10. The third-order valence-electron chi connectivity index (χ3n) is 4.44. The molecule has 0 aliphatic heterocycles. The molecule has 0 N–H and O–H groups in total. The summed E-state index contributed by atoms with van der Waals surface area (Å²) < 4.78 is 10.9. The van der Waals surface area contributed by atoms with Gasteiger partial charge >= 0.3 is 5.97 Å². The number of methoxy groups -OCH3 is 1. The number of aryl methyl sites for hydroxylation is 1. The van der Waals surface area contributed by atoms with Crippen molar-refractivity contribution >= 4 is 29.2 Å². The van der Waals surface area contributed by atoms with Crippen molar-refractivity contribution in [2.24, 2.45) is 0 Å². The second kappa shape index (κ2) is 10.3. The van der Waals surface area contributed by atoms with E-state index in [1.807, 2.05) is 36.4 Å². The van der Waals surface area contributed by atoms with Gasteiger partial charge in [-0.25, -0.2) is 0 Å². The quantitative estimate of drug-likeness (QED) is 0.206. The Balaban J connectivity index is 1.74. The molecule has 0 aromatic heterocycles. The summed E-state index contributed by atoms with van der Waals surface area (Å²) in [6.45, 7) is 0. The molecule has 0 aliphatic rings. The molecule has 4 nitrogen and oxygen atoms in total. The zero-order valence-corrected chi connectivity index (χ0v) is 17.2. The van der Waals surface area contributed by atoms with Gasteiger partial charge in [0.25, 0.3) is 0 Å². The fourth-order valence-corrected chi connectivity index (χ4v) is 3.12. The number of benzene rings is 3. The van der Waals surface area contributed by atoms with Gasteiger partial charge in [-0.1, -0.05) is 60.1 Å². The van der Waals surface area contributed by atoms with Crippen LogP contribution in [0.2, 0.25) is 5.02 Å². The summed E-state index contributed by atoms with van der Waals surface area (Å²) in [6, 6.07) is 24.2. The van der Waals surface area contributed by atoms with Crippen LogP contribution in [-0.2, 0) is 11.2 Å². The highest BCUT2D eigenvalue weighted by Gasteiger charge is 2.11. The number of halogens is 1. The van der Waals surface area contributed by atoms with E-state index >= 15 is 0 Å². The standard InChI is InChI=1S/C25H20ClNO3/c1-29-24-15-19(14-21(17-27)20-8-5-9-22(26)16-20)10-12-23(24)30-25(28)13-11-18-6-3-2-4-7-18/h2-10,12,14-16H,11,13H2,1H3/b21-14-. The van der Waals surface area contributed by atoms with Crippen LogP contribution >= 0.6 is 11.6 Å². The highest BCUT2D eigenvalue weighted by Crippen LogP contribution is 2.30. The van der Waals surface area contributed by atoms with E-state index < -0.39 is 0 Å². The summed E-state index contributed by atoms with van der Waals surface area (Å²) >= 11 is 6.03. The minimum atomic E-state index is -0.336. The summed E-state index contributed by atoms with van der Waals surface area (Å²) in [6.07, 6.45) is 2.60. The maximum atomic E-state index is 12.2. The molecule has 0 bridgehead atoms. The number of esters is 1. The molecule has 0 fully saturated rings. The number of rotatable bonds is 7. The average molecular weight is 418 g/mol. The Labute approximate surface area is 180 Å². The van der Waals surface area contributed by atoms with Crippen molar-refractivity contribution < 1.29 is 14.3 Å². The number of allylic oxidation sites excluding steroid dienone is 1. The van der Waals surface area contributed by atoms with E-state index in [1.165, 1.54) is 7.11 Å². The van der Waals surface area contributed by atoms with Crippen LogP contribution in [0, 0.1) is 11.3 Å².